The van der Waals surface area contributed by atoms with Crippen molar-refractivity contribution in [1.29, 1.82) is 0 Å². The van der Waals surface area contributed by atoms with E-state index in [0.717, 1.165) is 42.5 Å². The van der Waals surface area contributed by atoms with Crippen LogP contribution < -0.4 is 5.32 Å². The van der Waals surface area contributed by atoms with Crippen LogP contribution in [0.25, 0.3) is 0 Å². The molecule has 0 saturated heterocycles. The van der Waals surface area contributed by atoms with Gasteiger partial charge >= 0.3 is 0 Å². The third kappa shape index (κ3) is 4.80. The molecule has 0 aromatic heterocycles. The largest absolute Gasteiger partial charge is 0.325 e. The van der Waals surface area contributed by atoms with Crippen molar-refractivity contribution >= 4 is 17.4 Å². The molecule has 0 fully saturated rings. The molecule has 1 amide bonds. The first-order chi connectivity index (χ1) is 9.62. The quantitative estimate of drug-likeness (QED) is 0.731. The Kier molecular flexibility index (Phi) is 6.99. The van der Waals surface area contributed by atoms with E-state index in [1.807, 2.05) is 25.1 Å². The number of carbonyl (C=O) groups is 2. The van der Waals surface area contributed by atoms with Crippen LogP contribution in [0.15, 0.2) is 18.2 Å². The second kappa shape index (κ2) is 8.51. The molecule has 3 nitrogen and oxygen atoms in total. The summed E-state index contributed by atoms with van der Waals surface area (Å²) in [4.78, 5) is 23.6. The average Bonchev–Trinajstić information content (AvgIpc) is 2.45. The molecule has 110 valence electrons. The molecule has 0 bridgehead atoms. The van der Waals surface area contributed by atoms with Gasteiger partial charge in [-0.3, -0.25) is 9.59 Å². The number of hydrogen-bond acceptors (Lipinski definition) is 2. The van der Waals surface area contributed by atoms with Crippen LogP contribution in [0.1, 0.15) is 57.6 Å². The van der Waals surface area contributed by atoms with E-state index in [2.05, 4.69) is 19.2 Å². The van der Waals surface area contributed by atoms with Crippen molar-refractivity contribution in [2.75, 3.05) is 5.32 Å². The number of anilines is 1. The molecule has 0 aliphatic rings. The van der Waals surface area contributed by atoms with E-state index < -0.39 is 0 Å². The van der Waals surface area contributed by atoms with Gasteiger partial charge in [-0.05, 0) is 30.4 Å². The van der Waals surface area contributed by atoms with Crippen molar-refractivity contribution in [2.24, 2.45) is 0 Å². The highest BCUT2D eigenvalue weighted by molar-refractivity contribution is 6.04. The Morgan fingerprint density at radius 1 is 1.05 bits per heavy atom. The minimum atomic E-state index is -0.193. The summed E-state index contributed by atoms with van der Waals surface area (Å²) in [6, 6.07) is 6.06. The first kappa shape index (κ1) is 16.4. The molecule has 20 heavy (non-hydrogen) atoms. The molecular weight excluding hydrogens is 250 g/mol. The van der Waals surface area contributed by atoms with E-state index in [1.54, 1.807) is 0 Å². The molecule has 1 aromatic carbocycles. The molecule has 3 heteroatoms. The Balaban J connectivity index is 2.72. The number of aryl methyl sites for hydroxylation is 2. The van der Waals surface area contributed by atoms with Crippen molar-refractivity contribution < 1.29 is 9.59 Å². The second-order valence-electron chi connectivity index (χ2n) is 5.03. The summed E-state index contributed by atoms with van der Waals surface area (Å²) in [6.45, 7) is 6.17. The van der Waals surface area contributed by atoms with E-state index in [4.69, 9.17) is 0 Å². The maximum Gasteiger partial charge on any atom is 0.231 e. The van der Waals surface area contributed by atoms with Gasteiger partial charge in [0.05, 0.1) is 6.42 Å². The Bertz CT molecular complexity index is 444. The van der Waals surface area contributed by atoms with Gasteiger partial charge in [-0.1, -0.05) is 45.4 Å². The highest BCUT2D eigenvalue weighted by Crippen LogP contribution is 2.22. The van der Waals surface area contributed by atoms with Crippen LogP contribution in [0, 0.1) is 0 Å². The van der Waals surface area contributed by atoms with E-state index >= 15 is 0 Å². The molecule has 0 aliphatic carbocycles. The maximum atomic E-state index is 12.0. The SMILES string of the molecule is CCCCC(=O)CC(=O)Nc1c(CC)cccc1CC. The van der Waals surface area contributed by atoms with Crippen LogP contribution >= 0.6 is 0 Å². The molecule has 0 atom stereocenters. The fraction of sp³-hybridized carbons (Fsp3) is 0.529. The molecule has 0 radical (unpaired) electrons. The normalized spacial score (nSPS) is 10.3. The lowest BCUT2D eigenvalue weighted by Gasteiger charge is -2.14. The van der Waals surface area contributed by atoms with Crippen LogP contribution in [0.4, 0.5) is 5.69 Å². The topological polar surface area (TPSA) is 46.2 Å². The van der Waals surface area contributed by atoms with Crippen LogP contribution in [0.2, 0.25) is 0 Å². The lowest BCUT2D eigenvalue weighted by Crippen LogP contribution is -2.18. The monoisotopic (exact) mass is 275 g/mol. The van der Waals surface area contributed by atoms with Gasteiger partial charge in [-0.2, -0.15) is 0 Å². The first-order valence-corrected chi connectivity index (χ1v) is 7.54. The summed E-state index contributed by atoms with van der Waals surface area (Å²) in [5, 5.41) is 2.93. The van der Waals surface area contributed by atoms with Crippen molar-refractivity contribution in [3.63, 3.8) is 0 Å². The van der Waals surface area contributed by atoms with Crippen molar-refractivity contribution in [3.05, 3.63) is 29.3 Å². The fourth-order valence-electron chi connectivity index (χ4n) is 2.23. The van der Waals surface area contributed by atoms with Gasteiger partial charge in [0, 0.05) is 12.1 Å². The summed E-state index contributed by atoms with van der Waals surface area (Å²) in [7, 11) is 0. The number of Topliss-reactive ketones (excluding diaryl/α,β-unsaturated/α-hetero) is 1. The minimum absolute atomic E-state index is 0.0127. The summed E-state index contributed by atoms with van der Waals surface area (Å²) in [5.74, 6) is -0.168. The van der Waals surface area contributed by atoms with Crippen LogP contribution in [-0.2, 0) is 22.4 Å². The summed E-state index contributed by atoms with van der Waals surface area (Å²) in [6.07, 6.45) is 4.06. The Morgan fingerprint density at radius 2 is 1.65 bits per heavy atom. The van der Waals surface area contributed by atoms with E-state index in [1.165, 1.54) is 0 Å². The highest BCUT2D eigenvalue weighted by Gasteiger charge is 2.13. The second-order valence-corrected chi connectivity index (χ2v) is 5.03. The van der Waals surface area contributed by atoms with Crippen molar-refractivity contribution in [1.82, 2.24) is 0 Å². The lowest BCUT2D eigenvalue weighted by molar-refractivity contribution is -0.125. The number of nitrogens with one attached hydrogen (secondary N) is 1. The zero-order chi connectivity index (χ0) is 15.0. The average molecular weight is 275 g/mol. The zero-order valence-electron chi connectivity index (χ0n) is 12.8. The van der Waals surface area contributed by atoms with E-state index in [0.29, 0.717) is 6.42 Å². The zero-order valence-corrected chi connectivity index (χ0v) is 12.8. The number of carbonyl (C=O) groups excluding carboxylic acids is 2. The Hall–Kier alpha value is -1.64. The molecule has 0 aliphatic heterocycles. The summed E-state index contributed by atoms with van der Waals surface area (Å²) in [5.41, 5.74) is 3.14. The standard InChI is InChI=1S/C17H25NO2/c1-4-7-11-15(19)12-16(20)18-17-13(5-2)9-8-10-14(17)6-3/h8-10H,4-7,11-12H2,1-3H3,(H,18,20). The van der Waals surface area contributed by atoms with Gasteiger partial charge in [0.2, 0.25) is 5.91 Å². The van der Waals surface area contributed by atoms with Crippen LogP contribution in [0.3, 0.4) is 0 Å². The van der Waals surface area contributed by atoms with Gasteiger partial charge < -0.3 is 5.32 Å². The van der Waals surface area contributed by atoms with Gasteiger partial charge in [-0.25, -0.2) is 0 Å². The van der Waals surface area contributed by atoms with Gasteiger partial charge in [0.25, 0.3) is 0 Å². The molecule has 1 aromatic rings. The molecule has 1 rings (SSSR count). The smallest absolute Gasteiger partial charge is 0.231 e. The Labute approximate surface area is 121 Å². The van der Waals surface area contributed by atoms with Gasteiger partial charge in [-0.15, -0.1) is 0 Å². The number of hydrogen-bond donors (Lipinski definition) is 1. The van der Waals surface area contributed by atoms with Crippen molar-refractivity contribution in [3.8, 4) is 0 Å². The first-order valence-electron chi connectivity index (χ1n) is 7.54. The van der Waals surface area contributed by atoms with Crippen LogP contribution in [-0.4, -0.2) is 11.7 Å². The highest BCUT2D eigenvalue weighted by atomic mass is 16.2. The number of para-hydroxylation sites is 1. The van der Waals surface area contributed by atoms with E-state index in [-0.39, 0.29) is 18.1 Å². The minimum Gasteiger partial charge on any atom is -0.325 e. The summed E-state index contributed by atoms with van der Waals surface area (Å²) < 4.78 is 0. The van der Waals surface area contributed by atoms with Crippen molar-refractivity contribution in [2.45, 2.75) is 59.3 Å². The molecule has 0 spiro atoms. The van der Waals surface area contributed by atoms with Crippen LogP contribution in [0.5, 0.6) is 0 Å². The molecule has 0 saturated carbocycles. The maximum absolute atomic E-state index is 12.0. The van der Waals surface area contributed by atoms with Gasteiger partial charge in [0.15, 0.2) is 0 Å². The number of benzene rings is 1. The summed E-state index contributed by atoms with van der Waals surface area (Å²) >= 11 is 0. The third-order valence-electron chi connectivity index (χ3n) is 3.43. The molecule has 1 N–H and O–H groups in total. The predicted molar refractivity (Wildman–Crippen MR) is 83.0 cm³/mol. The lowest BCUT2D eigenvalue weighted by atomic mass is 10.0. The number of unbranched alkanes of at least 4 members (excludes halogenated alkanes) is 1. The number of amides is 1. The fourth-order valence-corrected chi connectivity index (χ4v) is 2.23. The van der Waals surface area contributed by atoms with E-state index in [9.17, 15) is 9.59 Å². The van der Waals surface area contributed by atoms with Gasteiger partial charge in [0.1, 0.15) is 5.78 Å². The molecule has 0 unspecified atom stereocenters. The Morgan fingerprint density at radius 3 is 2.15 bits per heavy atom. The predicted octanol–water partition coefficient (Wildman–Crippen LogP) is 3.90. The molecule has 0 heterocycles. The molecular formula is C17H25NO2. The third-order valence-corrected chi connectivity index (χ3v) is 3.43. The number of rotatable bonds is 8. The number of ketones is 1.